The second-order valence-corrected chi connectivity index (χ2v) is 1.84. The quantitative estimate of drug-likeness (QED) is 0.152. The second kappa shape index (κ2) is 7.99. The number of hydrogen-bond acceptors (Lipinski definition) is 4. The van der Waals surface area contributed by atoms with Gasteiger partial charge in [-0.25, -0.2) is 4.79 Å². The van der Waals surface area contributed by atoms with Gasteiger partial charge in [0.1, 0.15) is 0 Å². The van der Waals surface area contributed by atoms with Gasteiger partial charge < -0.3 is 14.6 Å². The Morgan fingerprint density at radius 3 is 2.31 bits per heavy atom. The molecule has 5 heteroatoms. The molecule has 0 radical (unpaired) electrons. The van der Waals surface area contributed by atoms with Crippen LogP contribution in [0.4, 0.5) is 0 Å². The third-order valence-electron chi connectivity index (χ3n) is 1.14. The fourth-order valence-electron chi connectivity index (χ4n) is 0.576. The summed E-state index contributed by atoms with van der Waals surface area (Å²) in [5, 5.41) is 10.8. The maximum Gasteiger partial charge on any atom is 1.00 e. The first-order chi connectivity index (χ1) is 5.67. The van der Waals surface area contributed by atoms with E-state index in [1.807, 2.05) is 0 Å². The molecule has 66 valence electrons. The van der Waals surface area contributed by atoms with Crippen molar-refractivity contribution in [3.8, 4) is 12.3 Å². The van der Waals surface area contributed by atoms with Gasteiger partial charge in [0.15, 0.2) is 0 Å². The molecule has 0 rings (SSSR count). The molecule has 0 unspecified atom stereocenters. The van der Waals surface area contributed by atoms with Crippen LogP contribution in [0.3, 0.4) is 0 Å². The van der Waals surface area contributed by atoms with Crippen molar-refractivity contribution < 1.29 is 48.9 Å². The van der Waals surface area contributed by atoms with E-state index in [0.717, 1.165) is 0 Å². The molecule has 0 aliphatic rings. The van der Waals surface area contributed by atoms with Crippen molar-refractivity contribution in [3.05, 3.63) is 11.5 Å². The minimum Gasteiger partial charge on any atom is -0.616 e. The molecule has 0 aliphatic heterocycles. The molecular weight excluding hydrogens is 183 g/mol. The van der Waals surface area contributed by atoms with Crippen molar-refractivity contribution in [2.75, 3.05) is 14.2 Å². The molecule has 0 bridgehead atoms. The first-order valence-corrected chi connectivity index (χ1v) is 3.13. The van der Waals surface area contributed by atoms with Crippen molar-refractivity contribution in [2.24, 2.45) is 0 Å². The number of ether oxygens (including phenoxy) is 2. The Balaban J connectivity index is 0. The number of carbonyl (C=O) groups is 1. The van der Waals surface area contributed by atoms with Gasteiger partial charge in [-0.15, -0.1) is 12.3 Å². The molecule has 0 aromatic rings. The molecular formula is C8H9NaO4. The number of terminal acetylenes is 1. The number of esters is 1. The fraction of sp³-hybridized carbons (Fsp3) is 0.375. The van der Waals surface area contributed by atoms with Crippen molar-refractivity contribution in [1.29, 1.82) is 0 Å². The summed E-state index contributed by atoms with van der Waals surface area (Å²) in [5.74, 6) is 0.659. The molecule has 0 atom stereocenters. The van der Waals surface area contributed by atoms with Gasteiger partial charge in [-0.05, 0) is 7.11 Å². The molecule has 0 aromatic carbocycles. The number of hydrogen-bond donors (Lipinski definition) is 0. The topological polar surface area (TPSA) is 58.6 Å². The van der Waals surface area contributed by atoms with E-state index in [2.05, 4.69) is 15.4 Å². The van der Waals surface area contributed by atoms with Crippen LogP contribution >= 0.6 is 0 Å². The van der Waals surface area contributed by atoms with Gasteiger partial charge in [0.05, 0.1) is 18.6 Å². The molecule has 0 aliphatic carbocycles. The minimum absolute atomic E-state index is 0. The summed E-state index contributed by atoms with van der Waals surface area (Å²) >= 11 is 0. The van der Waals surface area contributed by atoms with Gasteiger partial charge in [0.2, 0.25) is 0 Å². The van der Waals surface area contributed by atoms with Crippen molar-refractivity contribution >= 4 is 5.97 Å². The van der Waals surface area contributed by atoms with E-state index in [9.17, 15) is 9.90 Å². The predicted octanol–water partition coefficient (Wildman–Crippen LogP) is -3.59. The smallest absolute Gasteiger partial charge is 0.616 e. The summed E-state index contributed by atoms with van der Waals surface area (Å²) in [6.45, 7) is 0. The van der Waals surface area contributed by atoms with E-state index in [1.165, 1.54) is 14.2 Å². The number of methoxy groups -OCH3 is 2. The molecule has 0 saturated carbocycles. The van der Waals surface area contributed by atoms with E-state index in [4.69, 9.17) is 6.42 Å². The van der Waals surface area contributed by atoms with Gasteiger partial charge >= 0.3 is 35.5 Å². The monoisotopic (exact) mass is 192 g/mol. The Labute approximate surface area is 99.2 Å². The summed E-state index contributed by atoms with van der Waals surface area (Å²) in [6.07, 6.45) is 4.84. The normalized spacial score (nSPS) is 10.2. The Morgan fingerprint density at radius 2 is 2.00 bits per heavy atom. The van der Waals surface area contributed by atoms with Crippen molar-refractivity contribution in [2.45, 2.75) is 6.42 Å². The van der Waals surface area contributed by atoms with E-state index in [-0.39, 0.29) is 41.6 Å². The van der Waals surface area contributed by atoms with Crippen LogP contribution in [0.25, 0.3) is 0 Å². The van der Waals surface area contributed by atoms with E-state index >= 15 is 0 Å². The Bertz CT molecular complexity index is 239. The van der Waals surface area contributed by atoms with Gasteiger partial charge in [0, 0.05) is 6.42 Å². The molecule has 0 amide bonds. The maximum atomic E-state index is 10.8. The van der Waals surface area contributed by atoms with E-state index < -0.39 is 11.9 Å². The van der Waals surface area contributed by atoms with Crippen LogP contribution in [0.1, 0.15) is 6.42 Å². The van der Waals surface area contributed by atoms with Gasteiger partial charge in [-0.3, -0.25) is 0 Å². The summed E-state index contributed by atoms with van der Waals surface area (Å²) in [5.41, 5.74) is -0.164. The van der Waals surface area contributed by atoms with E-state index in [0.29, 0.717) is 0 Å². The van der Waals surface area contributed by atoms with Crippen LogP contribution in [0.15, 0.2) is 11.5 Å². The first kappa shape index (κ1) is 14.9. The maximum absolute atomic E-state index is 10.8. The summed E-state index contributed by atoms with van der Waals surface area (Å²) in [7, 11) is 2.34. The SMILES string of the molecule is C#CC/C(C(=O)OC)=C(\[O-])OC.[Na+]. The summed E-state index contributed by atoms with van der Waals surface area (Å²) in [4.78, 5) is 10.8. The molecule has 0 aromatic heterocycles. The number of carbonyl (C=O) groups excluding carboxylic acids is 1. The Kier molecular flexibility index (Phi) is 9.14. The average Bonchev–Trinajstić information content (AvgIpc) is 2.11. The largest absolute Gasteiger partial charge is 1.00 e. The van der Waals surface area contributed by atoms with E-state index in [1.54, 1.807) is 0 Å². The van der Waals surface area contributed by atoms with Gasteiger partial charge in [-0.1, -0.05) is 0 Å². The van der Waals surface area contributed by atoms with Crippen molar-refractivity contribution in [3.63, 3.8) is 0 Å². The molecule has 0 heterocycles. The first-order valence-electron chi connectivity index (χ1n) is 3.13. The van der Waals surface area contributed by atoms with Crippen LogP contribution in [-0.2, 0) is 14.3 Å². The molecule has 13 heavy (non-hydrogen) atoms. The van der Waals surface area contributed by atoms with Crippen LogP contribution in [-0.4, -0.2) is 20.2 Å². The van der Waals surface area contributed by atoms with Crippen LogP contribution in [0.2, 0.25) is 0 Å². The third kappa shape index (κ3) is 4.83. The number of rotatable bonds is 3. The average molecular weight is 192 g/mol. The molecule has 0 fully saturated rings. The zero-order valence-corrected chi connectivity index (χ0v) is 9.92. The van der Waals surface area contributed by atoms with Crippen LogP contribution in [0, 0.1) is 12.3 Å². The second-order valence-electron chi connectivity index (χ2n) is 1.84. The van der Waals surface area contributed by atoms with Crippen molar-refractivity contribution in [1.82, 2.24) is 0 Å². The molecule has 0 saturated heterocycles. The Hall–Kier alpha value is -0.630. The molecule has 0 spiro atoms. The van der Waals surface area contributed by atoms with Crippen LogP contribution in [0.5, 0.6) is 0 Å². The summed E-state index contributed by atoms with van der Waals surface area (Å²) < 4.78 is 8.63. The minimum atomic E-state index is -0.750. The predicted molar refractivity (Wildman–Crippen MR) is 39.5 cm³/mol. The zero-order chi connectivity index (χ0) is 9.56. The fourth-order valence-corrected chi connectivity index (χ4v) is 0.576. The standard InChI is InChI=1S/C8H10O4.Na/c1-4-5-6(7(9)11-2)8(10)12-3;/h1,9H,5H2,2-3H3;/q;+1/p-1/b7-6-;. The molecule has 0 N–H and O–H groups in total. The summed E-state index contributed by atoms with van der Waals surface area (Å²) in [6, 6.07) is 0. The molecule has 4 nitrogen and oxygen atoms in total. The van der Waals surface area contributed by atoms with Gasteiger partial charge in [-0.2, -0.15) is 0 Å². The zero-order valence-electron chi connectivity index (χ0n) is 7.92. The third-order valence-corrected chi connectivity index (χ3v) is 1.14. The Morgan fingerprint density at radius 1 is 1.46 bits per heavy atom. The van der Waals surface area contributed by atoms with Crippen LogP contribution < -0.4 is 34.7 Å². The van der Waals surface area contributed by atoms with Gasteiger partial charge in [0.25, 0.3) is 0 Å².